The predicted molar refractivity (Wildman–Crippen MR) is 91.2 cm³/mol. The summed E-state index contributed by atoms with van der Waals surface area (Å²) in [5.74, 6) is -0.931. The lowest BCUT2D eigenvalue weighted by Crippen LogP contribution is -2.42. The molecule has 1 aliphatic rings. The Bertz CT molecular complexity index is 646. The fourth-order valence-electron chi connectivity index (χ4n) is 3.15. The molecule has 7 nitrogen and oxygen atoms in total. The zero-order valence-corrected chi connectivity index (χ0v) is 14.5. The summed E-state index contributed by atoms with van der Waals surface area (Å²) in [5, 5.41) is 12.0. The lowest BCUT2D eigenvalue weighted by molar-refractivity contribution is -0.148. The average molecular weight is 348 g/mol. The smallest absolute Gasteiger partial charge is 0.326 e. The third kappa shape index (κ3) is 4.71. The largest absolute Gasteiger partial charge is 0.494 e. The number of likely N-dealkylation sites (tertiary alicyclic amines) is 1. The molecule has 136 valence electrons. The molecule has 25 heavy (non-hydrogen) atoms. The number of amides is 2. The fourth-order valence-corrected chi connectivity index (χ4v) is 3.15. The number of carbonyl (C=O) groups is 3. The van der Waals surface area contributed by atoms with E-state index in [4.69, 9.17) is 4.74 Å². The Balaban J connectivity index is 2.22. The van der Waals surface area contributed by atoms with Crippen molar-refractivity contribution in [3.8, 4) is 5.75 Å². The van der Waals surface area contributed by atoms with Crippen LogP contribution in [0, 0.1) is 0 Å². The number of benzene rings is 1. The maximum absolute atomic E-state index is 12.7. The quantitative estimate of drug-likeness (QED) is 0.782. The van der Waals surface area contributed by atoms with Gasteiger partial charge in [-0.1, -0.05) is 18.2 Å². The van der Waals surface area contributed by atoms with E-state index in [1.807, 2.05) is 19.1 Å². The number of hydrogen-bond acceptors (Lipinski definition) is 4. The Morgan fingerprint density at radius 2 is 2.08 bits per heavy atom. The zero-order chi connectivity index (χ0) is 18.4. The van der Waals surface area contributed by atoms with Gasteiger partial charge in [-0.25, -0.2) is 4.79 Å². The van der Waals surface area contributed by atoms with Crippen molar-refractivity contribution in [2.24, 2.45) is 0 Å². The van der Waals surface area contributed by atoms with E-state index in [2.05, 4.69) is 5.32 Å². The molecule has 1 fully saturated rings. The zero-order valence-electron chi connectivity index (χ0n) is 14.5. The van der Waals surface area contributed by atoms with E-state index in [1.165, 1.54) is 11.8 Å². The monoisotopic (exact) mass is 348 g/mol. The van der Waals surface area contributed by atoms with Crippen molar-refractivity contribution < 1.29 is 24.2 Å². The number of carboxylic acid groups (broad SMARTS) is 1. The Morgan fingerprint density at radius 3 is 2.72 bits per heavy atom. The van der Waals surface area contributed by atoms with Crippen LogP contribution in [0.25, 0.3) is 0 Å². The Kier molecular flexibility index (Phi) is 6.38. The maximum atomic E-state index is 12.7. The minimum atomic E-state index is -0.989. The molecule has 1 aromatic carbocycles. The van der Waals surface area contributed by atoms with E-state index in [9.17, 15) is 19.5 Å². The molecule has 0 aliphatic carbocycles. The minimum Gasteiger partial charge on any atom is -0.494 e. The van der Waals surface area contributed by atoms with Gasteiger partial charge in [-0.15, -0.1) is 0 Å². The Morgan fingerprint density at radius 1 is 1.36 bits per heavy atom. The van der Waals surface area contributed by atoms with Gasteiger partial charge in [-0.3, -0.25) is 9.59 Å². The van der Waals surface area contributed by atoms with Gasteiger partial charge >= 0.3 is 5.97 Å². The van der Waals surface area contributed by atoms with Crippen molar-refractivity contribution in [1.82, 2.24) is 10.2 Å². The van der Waals surface area contributed by atoms with Gasteiger partial charge in [-0.2, -0.15) is 0 Å². The minimum absolute atomic E-state index is 0.00650. The summed E-state index contributed by atoms with van der Waals surface area (Å²) < 4.78 is 5.60. The molecule has 0 radical (unpaired) electrons. The molecule has 0 unspecified atom stereocenters. The maximum Gasteiger partial charge on any atom is 0.326 e. The van der Waals surface area contributed by atoms with Crippen molar-refractivity contribution in [2.75, 3.05) is 13.2 Å². The highest BCUT2D eigenvalue weighted by molar-refractivity contribution is 5.85. The van der Waals surface area contributed by atoms with Gasteiger partial charge in [0.25, 0.3) is 0 Å². The number of carbonyl (C=O) groups excluding carboxylic acids is 2. The van der Waals surface area contributed by atoms with E-state index in [-0.39, 0.29) is 18.2 Å². The van der Waals surface area contributed by atoms with Gasteiger partial charge in [0.2, 0.25) is 11.8 Å². The van der Waals surface area contributed by atoms with Crippen LogP contribution in [0.15, 0.2) is 24.3 Å². The van der Waals surface area contributed by atoms with Crippen LogP contribution < -0.4 is 10.1 Å². The molecule has 1 aliphatic heterocycles. The molecule has 2 atom stereocenters. The standard InChI is InChI=1S/C18H24N2O5/c1-3-25-16-9-5-4-7-13(16)14(19-12(2)21)11-17(22)20-10-6-8-15(20)18(23)24/h4-5,7,9,14-15H,3,6,8,10-11H2,1-2H3,(H,19,21)(H,23,24)/t14-,15+/m0/s1. The molecule has 7 heteroatoms. The second-order valence-electron chi connectivity index (χ2n) is 6.01. The number of hydrogen-bond donors (Lipinski definition) is 2. The molecule has 2 rings (SSSR count). The van der Waals surface area contributed by atoms with Crippen LogP contribution >= 0.6 is 0 Å². The van der Waals surface area contributed by atoms with Gasteiger partial charge in [0.15, 0.2) is 0 Å². The fraction of sp³-hybridized carbons (Fsp3) is 0.500. The second kappa shape index (κ2) is 8.50. The molecular formula is C18H24N2O5. The topological polar surface area (TPSA) is 95.9 Å². The molecule has 1 heterocycles. The van der Waals surface area contributed by atoms with E-state index in [0.29, 0.717) is 37.3 Å². The lowest BCUT2D eigenvalue weighted by atomic mass is 10.0. The van der Waals surface area contributed by atoms with Crippen molar-refractivity contribution in [2.45, 2.75) is 45.2 Å². The van der Waals surface area contributed by atoms with Crippen LogP contribution in [0.2, 0.25) is 0 Å². The molecule has 0 saturated carbocycles. The van der Waals surface area contributed by atoms with Crippen LogP contribution in [0.3, 0.4) is 0 Å². The Labute approximate surface area is 147 Å². The molecule has 2 amide bonds. The average Bonchev–Trinajstić information content (AvgIpc) is 3.04. The summed E-state index contributed by atoms with van der Waals surface area (Å²) in [4.78, 5) is 37.0. The number of nitrogens with zero attached hydrogens (tertiary/aromatic N) is 1. The summed E-state index contributed by atoms with van der Waals surface area (Å²) in [6.45, 7) is 4.13. The van der Waals surface area contributed by atoms with Crippen molar-refractivity contribution in [3.05, 3.63) is 29.8 Å². The van der Waals surface area contributed by atoms with Gasteiger partial charge in [-0.05, 0) is 25.8 Å². The number of carboxylic acids is 1. The number of nitrogens with one attached hydrogen (secondary N) is 1. The van der Waals surface area contributed by atoms with Crippen LogP contribution in [-0.4, -0.2) is 47.0 Å². The van der Waals surface area contributed by atoms with Gasteiger partial charge < -0.3 is 20.1 Å². The summed E-state index contributed by atoms with van der Waals surface area (Å²) in [6.07, 6.45) is 1.12. The van der Waals surface area contributed by atoms with E-state index < -0.39 is 18.1 Å². The highest BCUT2D eigenvalue weighted by atomic mass is 16.5. The number of aliphatic carboxylic acids is 1. The van der Waals surface area contributed by atoms with Crippen LogP contribution in [0.4, 0.5) is 0 Å². The molecule has 0 bridgehead atoms. The van der Waals surface area contributed by atoms with Crippen LogP contribution in [-0.2, 0) is 14.4 Å². The highest BCUT2D eigenvalue weighted by Crippen LogP contribution is 2.29. The first-order valence-electron chi connectivity index (χ1n) is 8.45. The summed E-state index contributed by atoms with van der Waals surface area (Å²) in [7, 11) is 0. The number of para-hydroxylation sites is 1. The molecule has 0 aromatic heterocycles. The van der Waals surface area contributed by atoms with Crippen LogP contribution in [0.1, 0.15) is 44.7 Å². The first-order valence-corrected chi connectivity index (χ1v) is 8.45. The van der Waals surface area contributed by atoms with Crippen LogP contribution in [0.5, 0.6) is 5.75 Å². The SMILES string of the molecule is CCOc1ccccc1[C@H](CC(=O)N1CCC[C@@H]1C(=O)O)NC(C)=O. The first-order chi connectivity index (χ1) is 11.9. The van der Waals surface area contributed by atoms with Crippen molar-refractivity contribution in [1.29, 1.82) is 0 Å². The van der Waals surface area contributed by atoms with Crippen molar-refractivity contribution >= 4 is 17.8 Å². The molecule has 1 aromatic rings. The van der Waals surface area contributed by atoms with Gasteiger partial charge in [0.1, 0.15) is 11.8 Å². The normalized spacial score (nSPS) is 17.8. The predicted octanol–water partition coefficient (Wildman–Crippen LogP) is 1.73. The third-order valence-electron chi connectivity index (χ3n) is 4.21. The molecule has 2 N–H and O–H groups in total. The van der Waals surface area contributed by atoms with E-state index in [1.54, 1.807) is 12.1 Å². The number of ether oxygens (including phenoxy) is 1. The Hall–Kier alpha value is -2.57. The third-order valence-corrected chi connectivity index (χ3v) is 4.21. The summed E-state index contributed by atoms with van der Waals surface area (Å²) in [6, 6.07) is 5.87. The molecule has 0 spiro atoms. The van der Waals surface area contributed by atoms with Gasteiger partial charge in [0, 0.05) is 19.0 Å². The van der Waals surface area contributed by atoms with Crippen molar-refractivity contribution in [3.63, 3.8) is 0 Å². The highest BCUT2D eigenvalue weighted by Gasteiger charge is 2.35. The molecule has 1 saturated heterocycles. The first kappa shape index (κ1) is 18.8. The summed E-state index contributed by atoms with van der Waals surface area (Å²) >= 11 is 0. The summed E-state index contributed by atoms with van der Waals surface area (Å²) in [5.41, 5.74) is 0.707. The van der Waals surface area contributed by atoms with E-state index in [0.717, 1.165) is 0 Å². The number of rotatable bonds is 7. The second-order valence-corrected chi connectivity index (χ2v) is 6.01. The lowest BCUT2D eigenvalue weighted by Gasteiger charge is -2.26. The van der Waals surface area contributed by atoms with E-state index >= 15 is 0 Å². The molecular weight excluding hydrogens is 324 g/mol. The van der Waals surface area contributed by atoms with Gasteiger partial charge in [0.05, 0.1) is 19.1 Å².